The molecule has 1 aliphatic heterocycles. The van der Waals surface area contributed by atoms with Gasteiger partial charge in [-0.05, 0) is 31.9 Å². The Labute approximate surface area is 140 Å². The van der Waals surface area contributed by atoms with E-state index in [1.54, 1.807) is 4.90 Å². The Bertz CT molecular complexity index is 616. The Morgan fingerprint density at radius 1 is 1.08 bits per heavy atom. The molecule has 1 heterocycles. The number of likely N-dealkylation sites (tertiary alicyclic amines) is 1. The molecule has 3 N–H and O–H groups in total. The molecule has 0 atom stereocenters. The van der Waals surface area contributed by atoms with Crippen LogP contribution in [0.1, 0.15) is 43.0 Å². The number of hydrogen-bond donors (Lipinski definition) is 3. The van der Waals surface area contributed by atoms with Gasteiger partial charge in [-0.15, -0.1) is 0 Å². The van der Waals surface area contributed by atoms with Gasteiger partial charge in [-0.1, -0.05) is 0 Å². The number of aromatic hydroxyl groups is 2. The lowest BCUT2D eigenvalue weighted by atomic mass is 10.0. The average Bonchev–Trinajstić information content (AvgIpc) is 2.52. The number of benzene rings is 1. The van der Waals surface area contributed by atoms with Gasteiger partial charge in [0.25, 0.3) is 5.91 Å². The van der Waals surface area contributed by atoms with Crippen LogP contribution >= 0.6 is 0 Å². The van der Waals surface area contributed by atoms with Gasteiger partial charge in [-0.3, -0.25) is 9.59 Å². The fourth-order valence-electron chi connectivity index (χ4n) is 2.72. The molecule has 0 saturated carbocycles. The molecule has 1 aliphatic rings. The zero-order valence-electron chi connectivity index (χ0n) is 13.6. The lowest BCUT2D eigenvalue weighted by Crippen LogP contribution is -2.46. The fraction of sp³-hybridized carbons (Fsp3) is 0.471. The van der Waals surface area contributed by atoms with Crippen molar-refractivity contribution in [3.63, 3.8) is 0 Å². The molecular weight excluding hydrogens is 312 g/mol. The summed E-state index contributed by atoms with van der Waals surface area (Å²) in [7, 11) is 0. The summed E-state index contributed by atoms with van der Waals surface area (Å²) in [5.41, 5.74) is 0.233. The number of phenols is 2. The highest BCUT2D eigenvalue weighted by Crippen LogP contribution is 2.22. The van der Waals surface area contributed by atoms with Gasteiger partial charge in [-0.25, -0.2) is 0 Å². The molecule has 2 amide bonds. The predicted molar refractivity (Wildman–Crippen MR) is 86.8 cm³/mol. The maximum atomic E-state index is 12.4. The van der Waals surface area contributed by atoms with Crippen LogP contribution in [0.3, 0.4) is 0 Å². The first-order valence-electron chi connectivity index (χ1n) is 7.96. The van der Waals surface area contributed by atoms with Crippen LogP contribution < -0.4 is 5.32 Å². The second kappa shape index (κ2) is 7.81. The number of Topliss-reactive ketones (excluding diaryl/α,β-unsaturated/α-hetero) is 1. The number of carbonyl (C=O) groups excluding carboxylic acids is 3. The average molecular weight is 334 g/mol. The van der Waals surface area contributed by atoms with E-state index in [1.165, 1.54) is 25.1 Å². The largest absolute Gasteiger partial charge is 0.508 e. The monoisotopic (exact) mass is 334 g/mol. The van der Waals surface area contributed by atoms with E-state index in [0.717, 1.165) is 0 Å². The molecule has 130 valence electrons. The van der Waals surface area contributed by atoms with Gasteiger partial charge in [0, 0.05) is 43.6 Å². The number of piperidine rings is 1. The molecule has 7 nitrogen and oxygen atoms in total. The third-order valence-electron chi connectivity index (χ3n) is 4.00. The topological polar surface area (TPSA) is 107 Å². The molecule has 0 radical (unpaired) electrons. The lowest BCUT2D eigenvalue weighted by Gasteiger charge is -2.32. The smallest absolute Gasteiger partial charge is 0.254 e. The quantitative estimate of drug-likeness (QED) is 0.750. The van der Waals surface area contributed by atoms with Crippen molar-refractivity contribution in [3.8, 4) is 11.5 Å². The summed E-state index contributed by atoms with van der Waals surface area (Å²) in [5.74, 6) is -0.743. The normalized spacial score (nSPS) is 15.1. The minimum absolute atomic E-state index is 0.00825. The number of phenolic OH excluding ortho intramolecular Hbond substituents is 2. The number of nitrogens with zero attached hydrogens (tertiary/aromatic N) is 1. The Morgan fingerprint density at radius 2 is 1.67 bits per heavy atom. The fourth-order valence-corrected chi connectivity index (χ4v) is 2.72. The second-order valence-corrected chi connectivity index (χ2v) is 6.07. The van der Waals surface area contributed by atoms with E-state index in [2.05, 4.69) is 5.32 Å². The highest BCUT2D eigenvalue weighted by molar-refractivity contribution is 5.95. The van der Waals surface area contributed by atoms with E-state index in [-0.39, 0.29) is 53.5 Å². The Kier molecular flexibility index (Phi) is 5.78. The van der Waals surface area contributed by atoms with Crippen LogP contribution in [0.15, 0.2) is 18.2 Å². The molecule has 2 rings (SSSR count). The van der Waals surface area contributed by atoms with E-state index in [0.29, 0.717) is 25.9 Å². The number of carbonyl (C=O) groups is 3. The van der Waals surface area contributed by atoms with Crippen molar-refractivity contribution in [3.05, 3.63) is 23.8 Å². The highest BCUT2D eigenvalue weighted by Gasteiger charge is 2.25. The summed E-state index contributed by atoms with van der Waals surface area (Å²) < 4.78 is 0. The molecule has 1 fully saturated rings. The zero-order valence-corrected chi connectivity index (χ0v) is 13.6. The van der Waals surface area contributed by atoms with Crippen LogP contribution in [0.5, 0.6) is 11.5 Å². The molecule has 0 aromatic heterocycles. The van der Waals surface area contributed by atoms with Crippen LogP contribution in [0, 0.1) is 0 Å². The minimum atomic E-state index is -0.262. The van der Waals surface area contributed by atoms with Gasteiger partial charge in [0.05, 0.1) is 0 Å². The maximum Gasteiger partial charge on any atom is 0.254 e. The number of rotatable bonds is 5. The lowest BCUT2D eigenvalue weighted by molar-refractivity contribution is -0.125. The van der Waals surface area contributed by atoms with Crippen LogP contribution in [0.25, 0.3) is 0 Å². The van der Waals surface area contributed by atoms with Gasteiger partial charge >= 0.3 is 0 Å². The molecule has 24 heavy (non-hydrogen) atoms. The molecule has 1 saturated heterocycles. The Morgan fingerprint density at radius 3 is 2.21 bits per heavy atom. The molecule has 0 spiro atoms. The first-order valence-corrected chi connectivity index (χ1v) is 7.96. The van der Waals surface area contributed by atoms with Gasteiger partial charge in [-0.2, -0.15) is 0 Å². The third-order valence-corrected chi connectivity index (χ3v) is 4.00. The van der Waals surface area contributed by atoms with Crippen molar-refractivity contribution in [2.24, 2.45) is 0 Å². The molecule has 0 aliphatic carbocycles. The molecule has 7 heteroatoms. The first kappa shape index (κ1) is 17.8. The summed E-state index contributed by atoms with van der Waals surface area (Å²) in [4.78, 5) is 36.6. The maximum absolute atomic E-state index is 12.4. The minimum Gasteiger partial charge on any atom is -0.508 e. The summed E-state index contributed by atoms with van der Waals surface area (Å²) in [5, 5.41) is 21.8. The molecule has 1 aromatic carbocycles. The summed E-state index contributed by atoms with van der Waals surface area (Å²) in [6.07, 6.45) is 1.69. The Balaban J connectivity index is 1.84. The van der Waals surface area contributed by atoms with Gasteiger partial charge in [0.2, 0.25) is 5.91 Å². The SMILES string of the molecule is CC(=O)CCC(=O)NC1CCN(C(=O)c2cc(O)cc(O)c2)CC1. The molecule has 0 bridgehead atoms. The summed E-state index contributed by atoms with van der Waals surface area (Å²) in [6.45, 7) is 2.41. The predicted octanol–water partition coefficient (Wildman–Crippen LogP) is 1.19. The second-order valence-electron chi connectivity index (χ2n) is 6.07. The zero-order chi connectivity index (χ0) is 17.7. The summed E-state index contributed by atoms with van der Waals surface area (Å²) >= 11 is 0. The number of amides is 2. The van der Waals surface area contributed by atoms with Crippen LogP contribution in [0.2, 0.25) is 0 Å². The molecular formula is C17H22N2O5. The van der Waals surface area contributed by atoms with Gasteiger partial charge in [0.15, 0.2) is 0 Å². The number of nitrogens with one attached hydrogen (secondary N) is 1. The van der Waals surface area contributed by atoms with Crippen LogP contribution in [-0.2, 0) is 9.59 Å². The van der Waals surface area contributed by atoms with Crippen molar-refractivity contribution in [1.82, 2.24) is 10.2 Å². The third kappa shape index (κ3) is 4.97. The standard InChI is InChI=1S/C17H22N2O5/c1-11(20)2-3-16(23)18-13-4-6-19(7-5-13)17(24)12-8-14(21)10-15(22)9-12/h8-10,13,21-22H,2-7H2,1H3,(H,18,23). The van der Waals surface area contributed by atoms with E-state index >= 15 is 0 Å². The Hall–Kier alpha value is -2.57. The first-order chi connectivity index (χ1) is 11.3. The highest BCUT2D eigenvalue weighted by atomic mass is 16.3. The van der Waals surface area contributed by atoms with Crippen molar-refractivity contribution in [2.75, 3.05) is 13.1 Å². The van der Waals surface area contributed by atoms with Crippen LogP contribution in [-0.4, -0.2) is 51.8 Å². The van der Waals surface area contributed by atoms with Gasteiger partial charge in [0.1, 0.15) is 17.3 Å². The van der Waals surface area contributed by atoms with Gasteiger partial charge < -0.3 is 25.2 Å². The molecule has 0 unspecified atom stereocenters. The van der Waals surface area contributed by atoms with Crippen molar-refractivity contribution in [2.45, 2.75) is 38.6 Å². The van der Waals surface area contributed by atoms with Crippen molar-refractivity contribution < 1.29 is 24.6 Å². The molecule has 1 aromatic rings. The van der Waals surface area contributed by atoms with E-state index in [4.69, 9.17) is 0 Å². The van der Waals surface area contributed by atoms with Crippen molar-refractivity contribution in [1.29, 1.82) is 0 Å². The summed E-state index contributed by atoms with van der Waals surface area (Å²) in [6, 6.07) is 3.79. The van der Waals surface area contributed by atoms with Crippen molar-refractivity contribution >= 4 is 17.6 Å². The number of ketones is 1. The van der Waals surface area contributed by atoms with Crippen LogP contribution in [0.4, 0.5) is 0 Å². The number of hydrogen-bond acceptors (Lipinski definition) is 5. The van der Waals surface area contributed by atoms with E-state index < -0.39 is 0 Å². The van der Waals surface area contributed by atoms with E-state index in [9.17, 15) is 24.6 Å². The van der Waals surface area contributed by atoms with E-state index in [1.807, 2.05) is 0 Å².